The van der Waals surface area contributed by atoms with Crippen LogP contribution in [0.3, 0.4) is 0 Å². The Labute approximate surface area is 40.5 Å². The molecule has 0 unspecified atom stereocenters. The number of hydrogen-bond acceptors (Lipinski definition) is 1. The summed E-state index contributed by atoms with van der Waals surface area (Å²) in [6.07, 6.45) is 5.52. The number of nitrogens with zero attached hydrogens (tertiary/aromatic N) is 2. The van der Waals surface area contributed by atoms with Gasteiger partial charge >= 0.3 is 0 Å². The Morgan fingerprint density at radius 1 is 1.83 bits per heavy atom. The van der Waals surface area contributed by atoms with Crippen LogP contribution in [0.2, 0.25) is 0 Å². The van der Waals surface area contributed by atoms with Crippen LogP contribution in [0.15, 0.2) is 12.5 Å². The van der Waals surface area contributed by atoms with Crippen LogP contribution >= 0.6 is 11.8 Å². The number of hydrogen-bond donors (Lipinski definition) is 0. The Balaban J connectivity index is 3.05. The molecule has 0 N–H and O–H groups in total. The van der Waals surface area contributed by atoms with E-state index in [0.29, 0.717) is 0 Å². The summed E-state index contributed by atoms with van der Waals surface area (Å²) < 4.78 is 1.24. The first kappa shape index (κ1) is 3.68. The summed E-state index contributed by atoms with van der Waals surface area (Å²) in [6.45, 7) is 0. The Bertz CT molecular complexity index is 112. The van der Waals surface area contributed by atoms with E-state index in [-0.39, 0.29) is 0 Å². The SMILES string of the molecule is Cln1[c]cnc1. The van der Waals surface area contributed by atoms with E-state index < -0.39 is 0 Å². The second-order valence-electron chi connectivity index (χ2n) is 0.834. The molecular formula is C3H2ClN2. The van der Waals surface area contributed by atoms with Crippen LogP contribution in [0, 0.1) is 6.20 Å². The van der Waals surface area contributed by atoms with Crippen molar-refractivity contribution in [3.8, 4) is 0 Å². The lowest BCUT2D eigenvalue weighted by atomic mass is 11.0. The summed E-state index contributed by atoms with van der Waals surface area (Å²) >= 11 is 5.25. The zero-order chi connectivity index (χ0) is 4.41. The average molecular weight is 102 g/mol. The van der Waals surface area contributed by atoms with Crippen molar-refractivity contribution in [1.82, 2.24) is 9.07 Å². The summed E-state index contributed by atoms with van der Waals surface area (Å²) in [5.41, 5.74) is 0. The molecule has 0 atom stereocenters. The van der Waals surface area contributed by atoms with E-state index >= 15 is 0 Å². The molecule has 0 aromatic carbocycles. The van der Waals surface area contributed by atoms with Gasteiger partial charge in [-0.15, -0.1) is 0 Å². The van der Waals surface area contributed by atoms with E-state index in [9.17, 15) is 0 Å². The molecule has 0 spiro atoms. The molecule has 1 radical (unpaired) electrons. The quantitative estimate of drug-likeness (QED) is 0.470. The molecule has 1 rings (SSSR count). The van der Waals surface area contributed by atoms with Gasteiger partial charge in [0.15, 0.2) is 0 Å². The van der Waals surface area contributed by atoms with Gasteiger partial charge in [0.05, 0.1) is 6.20 Å². The highest BCUT2D eigenvalue weighted by atomic mass is 35.5. The standard InChI is InChI=1S/C3H2ClN2/c4-6-2-1-5-3-6/h1,3H. The predicted molar refractivity (Wildman–Crippen MR) is 22.3 cm³/mol. The van der Waals surface area contributed by atoms with E-state index in [1.54, 1.807) is 0 Å². The predicted octanol–water partition coefficient (Wildman–Crippen LogP) is 0.685. The number of halogens is 1. The first-order valence-corrected chi connectivity index (χ1v) is 1.79. The van der Waals surface area contributed by atoms with Gasteiger partial charge in [-0.1, -0.05) is 0 Å². The average Bonchev–Trinajstić information content (AvgIpc) is 1.86. The molecular weight excluding hydrogens is 99.5 g/mol. The largest absolute Gasteiger partial charge is 0.243 e. The van der Waals surface area contributed by atoms with Crippen LogP contribution in [0.4, 0.5) is 0 Å². The number of rotatable bonds is 0. The van der Waals surface area contributed by atoms with Crippen LogP contribution < -0.4 is 0 Å². The molecule has 0 amide bonds. The smallest absolute Gasteiger partial charge is 0.111 e. The molecule has 2 nitrogen and oxygen atoms in total. The summed E-state index contributed by atoms with van der Waals surface area (Å²) in [7, 11) is 0. The minimum Gasteiger partial charge on any atom is -0.243 e. The minimum absolute atomic E-state index is 1.24. The fraction of sp³-hybridized carbons (Fsp3) is 0. The van der Waals surface area contributed by atoms with E-state index in [4.69, 9.17) is 11.8 Å². The molecule has 0 saturated carbocycles. The Kier molecular flexibility index (Phi) is 0.801. The topological polar surface area (TPSA) is 17.8 Å². The van der Waals surface area contributed by atoms with Crippen LogP contribution in [0.5, 0.6) is 0 Å². The molecule has 1 aromatic heterocycles. The Hall–Kier alpha value is -0.500. The second-order valence-corrected chi connectivity index (χ2v) is 1.20. The fourth-order valence-electron chi connectivity index (χ4n) is 0.214. The van der Waals surface area contributed by atoms with Crippen LogP contribution in [-0.4, -0.2) is 9.07 Å². The molecule has 1 heterocycles. The van der Waals surface area contributed by atoms with Gasteiger partial charge in [-0.25, -0.2) is 9.07 Å². The van der Waals surface area contributed by atoms with Crippen molar-refractivity contribution in [3.05, 3.63) is 18.7 Å². The fourth-order valence-corrected chi connectivity index (χ4v) is 0.308. The van der Waals surface area contributed by atoms with Gasteiger partial charge in [0, 0.05) is 11.8 Å². The van der Waals surface area contributed by atoms with Gasteiger partial charge in [0.1, 0.15) is 12.5 Å². The van der Waals surface area contributed by atoms with Crippen molar-refractivity contribution in [2.24, 2.45) is 0 Å². The molecule has 0 aliphatic heterocycles. The lowest BCUT2D eigenvalue weighted by Crippen LogP contribution is -1.65. The first-order chi connectivity index (χ1) is 2.89. The maximum absolute atomic E-state index is 5.25. The van der Waals surface area contributed by atoms with Gasteiger partial charge in [0.25, 0.3) is 0 Å². The van der Waals surface area contributed by atoms with Crippen molar-refractivity contribution < 1.29 is 0 Å². The van der Waals surface area contributed by atoms with E-state index in [1.165, 1.54) is 16.6 Å². The van der Waals surface area contributed by atoms with Crippen LogP contribution in [0.25, 0.3) is 0 Å². The van der Waals surface area contributed by atoms with Crippen molar-refractivity contribution in [1.29, 1.82) is 0 Å². The zero-order valence-electron chi connectivity index (χ0n) is 2.93. The molecule has 0 fully saturated rings. The highest BCUT2D eigenvalue weighted by Gasteiger charge is 1.74. The van der Waals surface area contributed by atoms with E-state index in [2.05, 4.69) is 11.2 Å². The summed E-state index contributed by atoms with van der Waals surface area (Å²) in [4.78, 5) is 3.60. The summed E-state index contributed by atoms with van der Waals surface area (Å²) in [5, 5.41) is 0. The Morgan fingerprint density at radius 2 is 2.67 bits per heavy atom. The number of imidazole rings is 1. The molecule has 0 aliphatic carbocycles. The van der Waals surface area contributed by atoms with Gasteiger partial charge in [-0.3, -0.25) is 0 Å². The first-order valence-electron chi connectivity index (χ1n) is 1.46. The van der Waals surface area contributed by atoms with Crippen molar-refractivity contribution >= 4 is 11.8 Å². The lowest BCUT2D eigenvalue weighted by molar-refractivity contribution is 1.21. The molecule has 31 valence electrons. The van der Waals surface area contributed by atoms with E-state index in [0.717, 1.165) is 0 Å². The minimum atomic E-state index is 1.24. The third-order valence-corrected chi connectivity index (χ3v) is 0.609. The number of aromatic nitrogens is 2. The molecule has 0 saturated heterocycles. The molecule has 6 heavy (non-hydrogen) atoms. The molecule has 0 aliphatic rings. The third-order valence-electron chi connectivity index (χ3n) is 0.424. The van der Waals surface area contributed by atoms with Crippen LogP contribution in [-0.2, 0) is 0 Å². The molecule has 1 aromatic rings. The van der Waals surface area contributed by atoms with Gasteiger partial charge in [-0.05, 0) is 0 Å². The second kappa shape index (κ2) is 1.30. The maximum atomic E-state index is 5.25. The lowest BCUT2D eigenvalue weighted by Gasteiger charge is -1.70. The molecule has 0 bridgehead atoms. The Morgan fingerprint density at radius 3 is 2.83 bits per heavy atom. The van der Waals surface area contributed by atoms with Gasteiger partial charge in [0.2, 0.25) is 0 Å². The molecule has 3 heteroatoms. The zero-order valence-corrected chi connectivity index (χ0v) is 3.68. The summed E-state index contributed by atoms with van der Waals surface area (Å²) in [5.74, 6) is 0. The van der Waals surface area contributed by atoms with Crippen LogP contribution in [0.1, 0.15) is 0 Å². The van der Waals surface area contributed by atoms with Gasteiger partial charge in [-0.2, -0.15) is 0 Å². The monoisotopic (exact) mass is 101 g/mol. The highest BCUT2D eigenvalue weighted by molar-refractivity contribution is 6.15. The van der Waals surface area contributed by atoms with Crippen molar-refractivity contribution in [2.45, 2.75) is 0 Å². The third kappa shape index (κ3) is 0.518. The summed E-state index contributed by atoms with van der Waals surface area (Å²) in [6, 6.07) is 0. The van der Waals surface area contributed by atoms with Crippen molar-refractivity contribution in [2.75, 3.05) is 0 Å². The van der Waals surface area contributed by atoms with Gasteiger partial charge < -0.3 is 0 Å². The highest BCUT2D eigenvalue weighted by Crippen LogP contribution is 1.82. The van der Waals surface area contributed by atoms with Crippen molar-refractivity contribution in [3.63, 3.8) is 0 Å². The maximum Gasteiger partial charge on any atom is 0.111 e. The normalized spacial score (nSPS) is 8.83. The van der Waals surface area contributed by atoms with E-state index in [1.807, 2.05) is 0 Å².